The van der Waals surface area contributed by atoms with Crippen LogP contribution in [0.3, 0.4) is 0 Å². The van der Waals surface area contributed by atoms with Crippen LogP contribution in [0.5, 0.6) is 0 Å². The maximum atomic E-state index is 11.9. The van der Waals surface area contributed by atoms with Crippen LogP contribution < -0.4 is 5.32 Å². The van der Waals surface area contributed by atoms with Crippen LogP contribution in [0.25, 0.3) is 0 Å². The van der Waals surface area contributed by atoms with Crippen molar-refractivity contribution in [3.05, 3.63) is 0 Å². The molecule has 4 nitrogen and oxygen atoms in total. The summed E-state index contributed by atoms with van der Waals surface area (Å²) in [4.78, 5) is 16.4. The first-order valence-electron chi connectivity index (χ1n) is 7.20. The second kappa shape index (κ2) is 7.74. The molecule has 1 heterocycles. The van der Waals surface area contributed by atoms with E-state index in [1.165, 1.54) is 6.42 Å². The number of carbonyl (C=O) groups excluding carboxylic acids is 1. The number of rotatable bonds is 6. The molecule has 0 unspecified atom stereocenters. The molecule has 1 rings (SSSR count). The van der Waals surface area contributed by atoms with Gasteiger partial charge in [-0.05, 0) is 46.4 Å². The van der Waals surface area contributed by atoms with E-state index in [4.69, 9.17) is 0 Å². The van der Waals surface area contributed by atoms with Gasteiger partial charge in [-0.2, -0.15) is 0 Å². The third-order valence-electron chi connectivity index (χ3n) is 3.83. The summed E-state index contributed by atoms with van der Waals surface area (Å²) in [5.74, 6) is 0.446. The van der Waals surface area contributed by atoms with Gasteiger partial charge in [0, 0.05) is 25.0 Å². The molecule has 0 radical (unpaired) electrons. The number of carbonyl (C=O) groups is 1. The summed E-state index contributed by atoms with van der Waals surface area (Å²) >= 11 is 0. The smallest absolute Gasteiger partial charge is 0.225 e. The zero-order valence-corrected chi connectivity index (χ0v) is 12.4. The molecule has 1 N–H and O–H groups in total. The molecule has 0 aliphatic carbocycles. The highest BCUT2D eigenvalue weighted by atomic mass is 16.2. The maximum Gasteiger partial charge on any atom is 0.225 e. The largest absolute Gasteiger partial charge is 0.342 e. The quantitative estimate of drug-likeness (QED) is 0.724. The zero-order chi connectivity index (χ0) is 13.5. The minimum absolute atomic E-state index is 0.134. The normalized spacial score (nSPS) is 17.8. The van der Waals surface area contributed by atoms with Crippen molar-refractivity contribution >= 4 is 5.91 Å². The molecule has 0 bridgehead atoms. The molecule has 0 aromatic heterocycles. The Labute approximate surface area is 112 Å². The predicted octanol–water partition coefficient (Wildman–Crippen LogP) is 1.17. The third kappa shape index (κ3) is 4.58. The lowest BCUT2D eigenvalue weighted by molar-refractivity contribution is -0.136. The van der Waals surface area contributed by atoms with Gasteiger partial charge in [0.1, 0.15) is 0 Å². The van der Waals surface area contributed by atoms with Gasteiger partial charge < -0.3 is 15.1 Å². The van der Waals surface area contributed by atoms with Crippen LogP contribution in [-0.4, -0.2) is 62.0 Å². The van der Waals surface area contributed by atoms with Crippen LogP contribution in [0.4, 0.5) is 0 Å². The van der Waals surface area contributed by atoms with Crippen molar-refractivity contribution in [2.75, 3.05) is 40.3 Å². The van der Waals surface area contributed by atoms with Crippen molar-refractivity contribution < 1.29 is 4.79 Å². The molecule has 0 saturated carbocycles. The Morgan fingerprint density at radius 3 is 2.50 bits per heavy atom. The second-order valence-corrected chi connectivity index (χ2v) is 5.65. The van der Waals surface area contributed by atoms with E-state index < -0.39 is 0 Å². The predicted molar refractivity (Wildman–Crippen MR) is 75.6 cm³/mol. The first-order chi connectivity index (χ1) is 8.56. The van der Waals surface area contributed by atoms with Crippen LogP contribution in [-0.2, 0) is 4.79 Å². The minimum Gasteiger partial charge on any atom is -0.342 e. The molecule has 1 aliphatic rings. The average molecular weight is 255 g/mol. The molecule has 1 aliphatic heterocycles. The van der Waals surface area contributed by atoms with E-state index in [2.05, 4.69) is 17.3 Å². The van der Waals surface area contributed by atoms with Crippen LogP contribution in [0.2, 0.25) is 0 Å². The molecule has 0 atom stereocenters. The summed E-state index contributed by atoms with van der Waals surface area (Å²) in [5.41, 5.74) is 0. The molecule has 4 heteroatoms. The Balaban J connectivity index is 2.28. The maximum absolute atomic E-state index is 11.9. The van der Waals surface area contributed by atoms with Crippen molar-refractivity contribution in [1.82, 2.24) is 15.1 Å². The van der Waals surface area contributed by atoms with Gasteiger partial charge in [-0.25, -0.2) is 0 Å². The molecule has 1 amide bonds. The van der Waals surface area contributed by atoms with E-state index in [-0.39, 0.29) is 5.92 Å². The summed E-state index contributed by atoms with van der Waals surface area (Å²) in [6, 6.07) is 0.651. The van der Waals surface area contributed by atoms with Crippen LogP contribution in [0, 0.1) is 5.92 Å². The summed E-state index contributed by atoms with van der Waals surface area (Å²) in [6.45, 7) is 8.05. The topological polar surface area (TPSA) is 35.6 Å². The average Bonchev–Trinajstić information content (AvgIpc) is 2.38. The van der Waals surface area contributed by atoms with Crippen molar-refractivity contribution in [2.24, 2.45) is 5.92 Å². The van der Waals surface area contributed by atoms with E-state index in [9.17, 15) is 4.79 Å². The zero-order valence-electron chi connectivity index (χ0n) is 12.4. The van der Waals surface area contributed by atoms with Gasteiger partial charge in [0.05, 0.1) is 0 Å². The standard InChI is InChI=1S/C14H29N3O/c1-12(2)14(18)17-10-6-13(7-11-17)16(4)9-5-8-15-3/h12-13,15H,5-11H2,1-4H3. The Bertz CT molecular complexity index is 247. The number of hydrogen-bond acceptors (Lipinski definition) is 3. The fourth-order valence-corrected chi connectivity index (χ4v) is 2.58. The number of nitrogens with zero attached hydrogens (tertiary/aromatic N) is 2. The molecule has 1 fully saturated rings. The summed E-state index contributed by atoms with van der Waals surface area (Å²) < 4.78 is 0. The van der Waals surface area contributed by atoms with E-state index in [0.717, 1.165) is 39.0 Å². The monoisotopic (exact) mass is 255 g/mol. The highest BCUT2D eigenvalue weighted by molar-refractivity contribution is 5.78. The number of piperidine rings is 1. The van der Waals surface area contributed by atoms with Crippen molar-refractivity contribution in [3.63, 3.8) is 0 Å². The number of hydrogen-bond donors (Lipinski definition) is 1. The fraction of sp³-hybridized carbons (Fsp3) is 0.929. The second-order valence-electron chi connectivity index (χ2n) is 5.65. The summed E-state index contributed by atoms with van der Waals surface area (Å²) in [7, 11) is 4.20. The van der Waals surface area contributed by atoms with Gasteiger partial charge in [-0.1, -0.05) is 13.8 Å². The molecule has 0 aromatic carbocycles. The first-order valence-corrected chi connectivity index (χ1v) is 7.20. The number of amides is 1. The summed E-state index contributed by atoms with van der Waals surface area (Å²) in [6.07, 6.45) is 3.43. The summed E-state index contributed by atoms with van der Waals surface area (Å²) in [5, 5.41) is 3.18. The minimum atomic E-state index is 0.134. The molecule has 1 saturated heterocycles. The van der Waals surface area contributed by atoms with E-state index in [1.54, 1.807) is 0 Å². The van der Waals surface area contributed by atoms with Gasteiger partial charge >= 0.3 is 0 Å². The Hall–Kier alpha value is -0.610. The van der Waals surface area contributed by atoms with E-state index in [1.807, 2.05) is 25.8 Å². The molecule has 106 valence electrons. The van der Waals surface area contributed by atoms with Gasteiger partial charge in [-0.15, -0.1) is 0 Å². The lowest BCUT2D eigenvalue weighted by atomic mass is 10.0. The van der Waals surface area contributed by atoms with Crippen molar-refractivity contribution in [2.45, 2.75) is 39.2 Å². The number of likely N-dealkylation sites (tertiary alicyclic amines) is 1. The lowest BCUT2D eigenvalue weighted by Gasteiger charge is -2.37. The van der Waals surface area contributed by atoms with Gasteiger partial charge in [-0.3, -0.25) is 4.79 Å². The molecule has 0 aromatic rings. The molecular weight excluding hydrogens is 226 g/mol. The van der Waals surface area contributed by atoms with Gasteiger partial charge in [0.25, 0.3) is 0 Å². The van der Waals surface area contributed by atoms with E-state index in [0.29, 0.717) is 11.9 Å². The molecule has 0 spiro atoms. The Morgan fingerprint density at radius 1 is 1.39 bits per heavy atom. The van der Waals surface area contributed by atoms with E-state index >= 15 is 0 Å². The first kappa shape index (κ1) is 15.4. The van der Waals surface area contributed by atoms with Crippen LogP contribution in [0.1, 0.15) is 33.1 Å². The Morgan fingerprint density at radius 2 is 2.00 bits per heavy atom. The van der Waals surface area contributed by atoms with Crippen molar-refractivity contribution in [3.8, 4) is 0 Å². The van der Waals surface area contributed by atoms with Crippen LogP contribution >= 0.6 is 0 Å². The molecule has 18 heavy (non-hydrogen) atoms. The highest BCUT2D eigenvalue weighted by Crippen LogP contribution is 2.17. The third-order valence-corrected chi connectivity index (χ3v) is 3.83. The van der Waals surface area contributed by atoms with Gasteiger partial charge in [0.2, 0.25) is 5.91 Å². The van der Waals surface area contributed by atoms with Crippen molar-refractivity contribution in [1.29, 1.82) is 0 Å². The highest BCUT2D eigenvalue weighted by Gasteiger charge is 2.25. The number of nitrogens with one attached hydrogen (secondary N) is 1. The molecular formula is C14H29N3O. The fourth-order valence-electron chi connectivity index (χ4n) is 2.58. The Kier molecular flexibility index (Phi) is 6.65. The lowest BCUT2D eigenvalue weighted by Crippen LogP contribution is -2.47. The SMILES string of the molecule is CNCCCN(C)C1CCN(C(=O)C(C)C)CC1. The van der Waals surface area contributed by atoms with Gasteiger partial charge in [0.15, 0.2) is 0 Å². The van der Waals surface area contributed by atoms with Crippen LogP contribution in [0.15, 0.2) is 0 Å².